The number of rotatable bonds is 29. The SMILES string of the molecule is CCCCCCCCCCCCCCCCCCOCC(COP(O)OCC1(C#N)CCC(c2ccc3c(N)ncnn23)O1)OCc1cccc(C#N)n1.CO. The van der Waals surface area contributed by atoms with Crippen LogP contribution in [0.3, 0.4) is 0 Å². The Kier molecular flexibility index (Phi) is 23.7. The Morgan fingerprint density at radius 3 is 2.23 bits per heavy atom. The number of nitrogens with two attached hydrogens (primary N) is 1. The van der Waals surface area contributed by atoms with Crippen molar-refractivity contribution in [2.24, 2.45) is 0 Å². The second-order valence-corrected chi connectivity index (χ2v) is 15.2. The second kappa shape index (κ2) is 28.2. The number of anilines is 1. The lowest BCUT2D eigenvalue weighted by Gasteiger charge is -2.24. The van der Waals surface area contributed by atoms with Crippen LogP contribution in [0.4, 0.5) is 5.82 Å². The summed E-state index contributed by atoms with van der Waals surface area (Å²) in [5, 5.41) is 30.5. The van der Waals surface area contributed by atoms with Crippen molar-refractivity contribution >= 4 is 19.9 Å². The van der Waals surface area contributed by atoms with Gasteiger partial charge in [-0.25, -0.2) is 14.5 Å². The highest BCUT2D eigenvalue weighted by Gasteiger charge is 2.43. The Labute approximate surface area is 334 Å². The van der Waals surface area contributed by atoms with Gasteiger partial charge in [0.15, 0.2) is 11.4 Å². The first-order chi connectivity index (χ1) is 27.5. The van der Waals surface area contributed by atoms with Gasteiger partial charge in [0.2, 0.25) is 0 Å². The van der Waals surface area contributed by atoms with Gasteiger partial charge in [0.05, 0.1) is 37.8 Å². The van der Waals surface area contributed by atoms with Crippen molar-refractivity contribution in [3.8, 4) is 12.1 Å². The molecule has 0 aliphatic carbocycles. The molecule has 4 atom stereocenters. The van der Waals surface area contributed by atoms with Crippen LogP contribution >= 0.6 is 8.60 Å². The number of nitriles is 2. The number of nitrogens with zero attached hydrogens (tertiary/aromatic N) is 6. The fourth-order valence-corrected chi connectivity index (χ4v) is 7.37. The summed E-state index contributed by atoms with van der Waals surface area (Å²) in [5.41, 5.74) is 7.04. The minimum atomic E-state index is -2.34. The molecule has 0 aromatic carbocycles. The standard InChI is InChI=1S/C40H60N7O6P.CH4O/c1-2-3-4-5-6-7-8-9-10-11-12-13-14-15-16-17-25-49-28-35(50-27-34-20-18-19-33(26-41)46-34)29-51-54(48)52-31-40(30-42)24-23-38(53-40)36-21-22-37-39(43)44-32-45-47(36)37;1-2/h18-22,32,35,38,48H,2-17,23-25,27-29,31H2,1H3,(H2,43,44,45);2H,1H3. The maximum Gasteiger partial charge on any atom is 0.330 e. The van der Waals surface area contributed by atoms with Crippen molar-refractivity contribution in [3.63, 3.8) is 0 Å². The Bertz CT molecular complexity index is 1590. The predicted molar refractivity (Wildman–Crippen MR) is 216 cm³/mol. The van der Waals surface area contributed by atoms with E-state index in [0.717, 1.165) is 25.6 Å². The van der Waals surface area contributed by atoms with E-state index in [4.69, 9.17) is 34.1 Å². The average Bonchev–Trinajstić information content (AvgIpc) is 3.87. The fraction of sp³-hybridized carbons (Fsp3) is 0.683. The molecule has 56 heavy (non-hydrogen) atoms. The van der Waals surface area contributed by atoms with E-state index in [1.165, 1.54) is 96.2 Å². The van der Waals surface area contributed by atoms with Gasteiger partial charge in [0.25, 0.3) is 0 Å². The van der Waals surface area contributed by atoms with Crippen molar-refractivity contribution in [1.82, 2.24) is 19.6 Å². The van der Waals surface area contributed by atoms with Gasteiger partial charge in [-0.15, -0.1) is 0 Å². The molecule has 4 unspecified atom stereocenters. The molecule has 0 bridgehead atoms. The van der Waals surface area contributed by atoms with E-state index >= 15 is 0 Å². The number of aliphatic hydroxyl groups excluding tert-OH is 1. The van der Waals surface area contributed by atoms with Crippen LogP contribution < -0.4 is 5.73 Å². The number of unbranched alkanes of at least 4 members (excludes halogenated alkanes) is 15. The van der Waals surface area contributed by atoms with Gasteiger partial charge in [-0.1, -0.05) is 109 Å². The number of fused-ring (bicyclic) bond motifs is 1. The second-order valence-electron chi connectivity index (χ2n) is 14.2. The summed E-state index contributed by atoms with van der Waals surface area (Å²) < 4.78 is 31.2. The monoisotopic (exact) mass is 797 g/mol. The van der Waals surface area contributed by atoms with Gasteiger partial charge in [0, 0.05) is 13.7 Å². The number of aromatic nitrogens is 4. The third-order valence-corrected chi connectivity index (χ3v) is 10.6. The van der Waals surface area contributed by atoms with Gasteiger partial charge in [-0.05, 0) is 43.5 Å². The zero-order valence-corrected chi connectivity index (χ0v) is 34.4. The van der Waals surface area contributed by atoms with Crippen molar-refractivity contribution < 1.29 is 33.3 Å². The summed E-state index contributed by atoms with van der Waals surface area (Å²) in [7, 11) is -1.34. The van der Waals surface area contributed by atoms with Gasteiger partial charge in [0.1, 0.15) is 41.9 Å². The number of nitrogen functional groups attached to an aromatic ring is 1. The van der Waals surface area contributed by atoms with Crippen LogP contribution in [0, 0.1) is 22.7 Å². The smallest absolute Gasteiger partial charge is 0.330 e. The number of pyridine rings is 1. The lowest BCUT2D eigenvalue weighted by atomic mass is 10.0. The van der Waals surface area contributed by atoms with Crippen LogP contribution in [0.15, 0.2) is 36.7 Å². The quantitative estimate of drug-likeness (QED) is 0.0446. The minimum absolute atomic E-state index is 0.000585. The van der Waals surface area contributed by atoms with Crippen LogP contribution in [0.25, 0.3) is 5.52 Å². The van der Waals surface area contributed by atoms with E-state index in [-0.39, 0.29) is 26.4 Å². The predicted octanol–water partition coefficient (Wildman–Crippen LogP) is 8.42. The van der Waals surface area contributed by atoms with Crippen LogP contribution in [0.5, 0.6) is 0 Å². The molecule has 1 saturated heterocycles. The molecule has 4 rings (SSSR count). The third-order valence-electron chi connectivity index (χ3n) is 9.84. The maximum atomic E-state index is 10.6. The van der Waals surface area contributed by atoms with E-state index in [1.807, 2.05) is 18.2 Å². The summed E-state index contributed by atoms with van der Waals surface area (Å²) in [4.78, 5) is 19.0. The van der Waals surface area contributed by atoms with Gasteiger partial charge < -0.3 is 39.0 Å². The molecule has 15 heteroatoms. The number of aliphatic hydroxyl groups is 1. The van der Waals surface area contributed by atoms with E-state index < -0.39 is 26.4 Å². The molecule has 4 heterocycles. The molecule has 3 aromatic rings. The molecule has 0 spiro atoms. The zero-order valence-electron chi connectivity index (χ0n) is 33.5. The van der Waals surface area contributed by atoms with Gasteiger partial charge in [-0.3, -0.25) is 0 Å². The van der Waals surface area contributed by atoms with E-state index in [1.54, 1.807) is 22.7 Å². The van der Waals surface area contributed by atoms with E-state index in [0.29, 0.717) is 42.2 Å². The van der Waals surface area contributed by atoms with E-state index in [9.17, 15) is 15.4 Å². The summed E-state index contributed by atoms with van der Waals surface area (Å²) >= 11 is 0. The highest BCUT2D eigenvalue weighted by molar-refractivity contribution is 7.40. The number of ether oxygens (including phenoxy) is 3. The summed E-state index contributed by atoms with van der Waals surface area (Å²) in [6.45, 7) is 3.10. The lowest BCUT2D eigenvalue weighted by molar-refractivity contribution is -0.0545. The molecular weight excluding hydrogens is 733 g/mol. The van der Waals surface area contributed by atoms with Crippen LogP contribution in [0.1, 0.15) is 146 Å². The molecule has 1 fully saturated rings. The zero-order chi connectivity index (χ0) is 40.3. The van der Waals surface area contributed by atoms with Crippen LogP contribution in [0.2, 0.25) is 0 Å². The first-order valence-corrected chi connectivity index (χ1v) is 21.5. The number of hydrogen-bond acceptors (Lipinski definition) is 13. The highest BCUT2D eigenvalue weighted by atomic mass is 31.2. The van der Waals surface area contributed by atoms with Gasteiger partial charge in [-0.2, -0.15) is 15.6 Å². The topological polar surface area (TPSA) is 203 Å². The maximum absolute atomic E-state index is 10.6. The van der Waals surface area contributed by atoms with Crippen molar-refractivity contribution in [2.45, 2.75) is 147 Å². The van der Waals surface area contributed by atoms with Crippen LogP contribution in [-0.4, -0.2) is 74.8 Å². The van der Waals surface area contributed by atoms with Crippen molar-refractivity contribution in [3.05, 3.63) is 53.7 Å². The van der Waals surface area contributed by atoms with E-state index in [2.05, 4.69) is 28.1 Å². The lowest BCUT2D eigenvalue weighted by Crippen LogP contribution is -2.32. The first-order valence-electron chi connectivity index (χ1n) is 20.4. The molecule has 1 aliphatic rings. The molecular formula is C41H64N7O7P. The van der Waals surface area contributed by atoms with Gasteiger partial charge >= 0.3 is 8.60 Å². The molecule has 0 amide bonds. The number of hydrogen-bond donors (Lipinski definition) is 3. The molecule has 1 aliphatic heterocycles. The molecule has 14 nitrogen and oxygen atoms in total. The Morgan fingerprint density at radius 2 is 1.59 bits per heavy atom. The Morgan fingerprint density at radius 1 is 0.929 bits per heavy atom. The van der Waals surface area contributed by atoms with Crippen molar-refractivity contribution in [2.75, 3.05) is 39.3 Å². The highest BCUT2D eigenvalue weighted by Crippen LogP contribution is 2.43. The molecule has 310 valence electrons. The molecule has 0 radical (unpaired) electrons. The molecule has 4 N–H and O–H groups in total. The Hall–Kier alpha value is -3.30. The summed E-state index contributed by atoms with van der Waals surface area (Å²) in [5.74, 6) is 0.354. The van der Waals surface area contributed by atoms with Crippen LogP contribution in [-0.2, 0) is 29.9 Å². The summed E-state index contributed by atoms with van der Waals surface area (Å²) in [6, 6.07) is 13.1. The largest absolute Gasteiger partial charge is 0.400 e. The Balaban J connectivity index is 0.00000414. The third kappa shape index (κ3) is 17.1. The average molecular weight is 798 g/mol. The fourth-order valence-electron chi connectivity index (χ4n) is 6.68. The summed E-state index contributed by atoms with van der Waals surface area (Å²) in [6.07, 6.45) is 22.4. The molecule has 0 saturated carbocycles. The first kappa shape index (κ1) is 47.1. The minimum Gasteiger partial charge on any atom is -0.400 e. The molecule has 3 aromatic heterocycles. The van der Waals surface area contributed by atoms with Crippen molar-refractivity contribution in [1.29, 1.82) is 10.5 Å². The normalized spacial score (nSPS) is 17.6.